The Morgan fingerprint density at radius 3 is 2.95 bits per heavy atom. The number of rotatable bonds is 0. The van der Waals surface area contributed by atoms with E-state index in [-0.39, 0.29) is 18.2 Å². The Kier molecular flexibility index (Phi) is 2.01. The van der Waals surface area contributed by atoms with Crippen molar-refractivity contribution in [2.45, 2.75) is 24.8 Å². The molecule has 0 fully saturated rings. The number of allylic oxidation sites excluding steroid dienone is 1. The largest absolute Gasteiger partial charge is 0.454 e. The number of ether oxygens (including phenoxy) is 2. The second kappa shape index (κ2) is 3.70. The standard InChI is InChI=1S/C17H15NO3/c19-16-8-12-3-1-2-5-17(12)13-9-15-14(20-10-21-15)7-11(13)4-6-18(16)17/h1,3,7-9H,2,4-6,10H2. The Hall–Kier alpha value is -2.23. The van der Waals surface area contributed by atoms with E-state index in [1.807, 2.05) is 4.90 Å². The van der Waals surface area contributed by atoms with Crippen LogP contribution in [-0.4, -0.2) is 24.1 Å². The lowest BCUT2D eigenvalue weighted by atomic mass is 9.72. The van der Waals surface area contributed by atoms with E-state index in [0.29, 0.717) is 0 Å². The van der Waals surface area contributed by atoms with Gasteiger partial charge in [-0.15, -0.1) is 0 Å². The minimum absolute atomic E-state index is 0.139. The highest BCUT2D eigenvalue weighted by atomic mass is 16.7. The molecule has 3 heterocycles. The molecule has 0 saturated carbocycles. The Morgan fingerprint density at radius 1 is 1.19 bits per heavy atom. The molecular formula is C17H15NO3. The first-order valence-electron chi connectivity index (χ1n) is 7.42. The Morgan fingerprint density at radius 2 is 2.05 bits per heavy atom. The predicted molar refractivity (Wildman–Crippen MR) is 76.1 cm³/mol. The van der Waals surface area contributed by atoms with Gasteiger partial charge < -0.3 is 14.4 Å². The summed E-state index contributed by atoms with van der Waals surface area (Å²) in [6, 6.07) is 4.19. The molecule has 1 aliphatic carbocycles. The van der Waals surface area contributed by atoms with Crippen molar-refractivity contribution in [3.8, 4) is 11.5 Å². The maximum absolute atomic E-state index is 12.4. The van der Waals surface area contributed by atoms with Crippen LogP contribution in [0.4, 0.5) is 0 Å². The summed E-state index contributed by atoms with van der Waals surface area (Å²) in [5, 5.41) is 0. The molecule has 3 aliphatic heterocycles. The van der Waals surface area contributed by atoms with E-state index in [2.05, 4.69) is 24.3 Å². The molecule has 0 aromatic heterocycles. The summed E-state index contributed by atoms with van der Waals surface area (Å²) >= 11 is 0. The monoisotopic (exact) mass is 281 g/mol. The number of carbonyl (C=O) groups is 1. The number of carbonyl (C=O) groups excluding carboxylic acids is 1. The van der Waals surface area contributed by atoms with Crippen molar-refractivity contribution in [1.82, 2.24) is 4.90 Å². The van der Waals surface area contributed by atoms with Crippen LogP contribution in [0.3, 0.4) is 0 Å². The molecule has 106 valence electrons. The molecule has 21 heavy (non-hydrogen) atoms. The van der Waals surface area contributed by atoms with Crippen molar-refractivity contribution in [2.75, 3.05) is 13.3 Å². The SMILES string of the molecule is O=C1C=C2C=CCCC23c2cc4c(cc2CCN13)OCO4. The van der Waals surface area contributed by atoms with Crippen LogP contribution >= 0.6 is 0 Å². The summed E-state index contributed by atoms with van der Waals surface area (Å²) in [5.74, 6) is 1.78. The van der Waals surface area contributed by atoms with Gasteiger partial charge in [-0.05, 0) is 48.1 Å². The van der Waals surface area contributed by atoms with Crippen LogP contribution in [0.15, 0.2) is 35.9 Å². The van der Waals surface area contributed by atoms with Crippen LogP contribution in [0, 0.1) is 0 Å². The van der Waals surface area contributed by atoms with E-state index in [1.165, 1.54) is 11.1 Å². The van der Waals surface area contributed by atoms with Gasteiger partial charge in [-0.3, -0.25) is 4.79 Å². The van der Waals surface area contributed by atoms with Crippen molar-refractivity contribution in [3.63, 3.8) is 0 Å². The quantitative estimate of drug-likeness (QED) is 0.732. The third-order valence-electron chi connectivity index (χ3n) is 5.10. The molecule has 0 saturated heterocycles. The molecule has 1 amide bonds. The van der Waals surface area contributed by atoms with E-state index in [1.54, 1.807) is 6.08 Å². The van der Waals surface area contributed by atoms with Gasteiger partial charge in [-0.2, -0.15) is 0 Å². The molecule has 1 atom stereocenters. The fourth-order valence-corrected chi connectivity index (χ4v) is 4.19. The number of fused-ring (bicyclic) bond motifs is 2. The van der Waals surface area contributed by atoms with Crippen molar-refractivity contribution >= 4 is 5.91 Å². The maximum Gasteiger partial charge on any atom is 0.247 e. The summed E-state index contributed by atoms with van der Waals surface area (Å²) in [6.07, 6.45) is 8.90. The van der Waals surface area contributed by atoms with Crippen LogP contribution in [0.1, 0.15) is 24.0 Å². The molecule has 0 radical (unpaired) electrons. The van der Waals surface area contributed by atoms with Gasteiger partial charge in [0.2, 0.25) is 12.7 Å². The summed E-state index contributed by atoms with van der Waals surface area (Å²) in [5.41, 5.74) is 3.35. The Balaban J connectivity index is 1.78. The van der Waals surface area contributed by atoms with E-state index >= 15 is 0 Å². The molecule has 0 N–H and O–H groups in total. The highest BCUT2D eigenvalue weighted by Gasteiger charge is 2.51. The van der Waals surface area contributed by atoms with Crippen molar-refractivity contribution in [3.05, 3.63) is 47.1 Å². The third-order valence-corrected chi connectivity index (χ3v) is 5.10. The molecule has 1 aromatic carbocycles. The first kappa shape index (κ1) is 11.4. The van der Waals surface area contributed by atoms with Crippen LogP contribution in [0.2, 0.25) is 0 Å². The predicted octanol–water partition coefficient (Wildman–Crippen LogP) is 2.29. The van der Waals surface area contributed by atoms with Gasteiger partial charge in [0.1, 0.15) is 0 Å². The van der Waals surface area contributed by atoms with Gasteiger partial charge in [0.25, 0.3) is 0 Å². The second-order valence-electron chi connectivity index (χ2n) is 6.00. The van der Waals surface area contributed by atoms with E-state index < -0.39 is 0 Å². The molecular weight excluding hydrogens is 266 g/mol. The van der Waals surface area contributed by atoms with E-state index in [9.17, 15) is 4.79 Å². The highest BCUT2D eigenvalue weighted by Crippen LogP contribution is 2.52. The fraction of sp³-hybridized carbons (Fsp3) is 0.353. The summed E-state index contributed by atoms with van der Waals surface area (Å²) < 4.78 is 11.1. The normalized spacial score (nSPS) is 28.1. The zero-order valence-electron chi connectivity index (χ0n) is 11.6. The average molecular weight is 281 g/mol. The highest BCUT2D eigenvalue weighted by molar-refractivity contribution is 5.95. The molecule has 0 bridgehead atoms. The number of hydrogen-bond acceptors (Lipinski definition) is 3. The molecule has 5 rings (SSSR count). The molecule has 1 aromatic rings. The van der Waals surface area contributed by atoms with E-state index in [4.69, 9.17) is 9.47 Å². The molecule has 4 aliphatic rings. The topological polar surface area (TPSA) is 38.8 Å². The summed E-state index contributed by atoms with van der Waals surface area (Å²) in [6.45, 7) is 1.07. The van der Waals surface area contributed by atoms with Crippen LogP contribution in [0.25, 0.3) is 0 Å². The summed E-state index contributed by atoms with van der Waals surface area (Å²) in [7, 11) is 0. The lowest BCUT2D eigenvalue weighted by Gasteiger charge is -2.46. The zero-order valence-corrected chi connectivity index (χ0v) is 11.6. The maximum atomic E-state index is 12.4. The Bertz CT molecular complexity index is 734. The van der Waals surface area contributed by atoms with Crippen LogP contribution in [-0.2, 0) is 16.8 Å². The number of amides is 1. The molecule has 1 unspecified atom stereocenters. The minimum atomic E-state index is -0.277. The van der Waals surface area contributed by atoms with Gasteiger partial charge in [0.05, 0.1) is 5.54 Å². The lowest BCUT2D eigenvalue weighted by molar-refractivity contribution is -0.129. The van der Waals surface area contributed by atoms with Crippen molar-refractivity contribution < 1.29 is 14.3 Å². The van der Waals surface area contributed by atoms with Crippen molar-refractivity contribution in [1.29, 1.82) is 0 Å². The second-order valence-corrected chi connectivity index (χ2v) is 6.00. The molecule has 4 heteroatoms. The first-order chi connectivity index (χ1) is 10.3. The molecule has 1 spiro atoms. The number of benzene rings is 1. The van der Waals surface area contributed by atoms with Gasteiger partial charge in [0, 0.05) is 12.6 Å². The molecule has 4 nitrogen and oxygen atoms in total. The smallest absolute Gasteiger partial charge is 0.247 e. The van der Waals surface area contributed by atoms with E-state index in [0.717, 1.165) is 42.9 Å². The Labute approximate surface area is 122 Å². The lowest BCUT2D eigenvalue weighted by Crippen LogP contribution is -2.50. The first-order valence-corrected chi connectivity index (χ1v) is 7.42. The van der Waals surface area contributed by atoms with Crippen LogP contribution in [0.5, 0.6) is 11.5 Å². The van der Waals surface area contributed by atoms with Gasteiger partial charge >= 0.3 is 0 Å². The third kappa shape index (κ3) is 1.28. The van der Waals surface area contributed by atoms with Gasteiger partial charge in [0.15, 0.2) is 11.5 Å². The summed E-state index contributed by atoms with van der Waals surface area (Å²) in [4.78, 5) is 14.4. The number of nitrogens with zero attached hydrogens (tertiary/aromatic N) is 1. The average Bonchev–Trinajstić information content (AvgIpc) is 3.06. The van der Waals surface area contributed by atoms with Gasteiger partial charge in [-0.25, -0.2) is 0 Å². The minimum Gasteiger partial charge on any atom is -0.454 e. The number of hydrogen-bond donors (Lipinski definition) is 0. The van der Waals surface area contributed by atoms with Crippen LogP contribution < -0.4 is 9.47 Å². The van der Waals surface area contributed by atoms with Crippen molar-refractivity contribution in [2.24, 2.45) is 0 Å². The zero-order chi connectivity index (χ0) is 14.0. The van der Waals surface area contributed by atoms with Gasteiger partial charge in [-0.1, -0.05) is 12.2 Å². The fourth-order valence-electron chi connectivity index (χ4n) is 4.19.